The van der Waals surface area contributed by atoms with Crippen molar-refractivity contribution in [2.75, 3.05) is 6.54 Å². The normalized spacial score (nSPS) is 13.8. The number of amides is 1. The number of rotatable bonds is 5. The van der Waals surface area contributed by atoms with Crippen LogP contribution in [0.2, 0.25) is 0 Å². The third-order valence-electron chi connectivity index (χ3n) is 2.87. The van der Waals surface area contributed by atoms with Crippen LogP contribution >= 0.6 is 0 Å². The van der Waals surface area contributed by atoms with E-state index in [1.807, 2.05) is 0 Å². The second-order valence-electron chi connectivity index (χ2n) is 3.78. The Balaban J connectivity index is 3.29. The Morgan fingerprint density at radius 1 is 1.47 bits per heavy atom. The number of carbonyl (C=O) groups excluding carboxylic acids is 1. The molecule has 0 saturated carbocycles. The predicted molar refractivity (Wildman–Crippen MR) is 59.8 cm³/mol. The monoisotopic (exact) mass is 239 g/mol. The first-order chi connectivity index (χ1) is 7.96. The number of halogens is 1. The Hall–Kier alpha value is -1.91. The molecule has 1 rings (SSSR count). The molecule has 1 unspecified atom stereocenters. The number of likely N-dealkylation sites (N-methyl/N-ethyl adjacent to an activating group) is 1. The van der Waals surface area contributed by atoms with E-state index in [0.717, 1.165) is 4.90 Å². The van der Waals surface area contributed by atoms with Gasteiger partial charge in [0.15, 0.2) is 5.54 Å². The molecule has 92 valence electrons. The zero-order valence-corrected chi connectivity index (χ0v) is 9.68. The highest BCUT2D eigenvalue weighted by Gasteiger charge is 2.40. The first kappa shape index (κ1) is 13.2. The lowest BCUT2D eigenvalue weighted by Gasteiger charge is -2.34. The number of hydrogen-bond donors (Lipinski definition) is 1. The van der Waals surface area contributed by atoms with Crippen LogP contribution in [0.1, 0.15) is 19.4 Å². The molecule has 0 fully saturated rings. The molecule has 0 heterocycles. The zero-order chi connectivity index (χ0) is 13.1. The Labute approximate surface area is 98.7 Å². The molecule has 1 amide bonds. The van der Waals surface area contributed by atoms with Gasteiger partial charge in [0.25, 0.3) is 0 Å². The number of hydrogen-bond acceptors (Lipinski definition) is 2. The van der Waals surface area contributed by atoms with Crippen LogP contribution in [0.4, 0.5) is 4.39 Å². The Kier molecular flexibility index (Phi) is 3.83. The van der Waals surface area contributed by atoms with Crippen molar-refractivity contribution in [3.63, 3.8) is 0 Å². The van der Waals surface area contributed by atoms with Gasteiger partial charge in [-0.1, -0.05) is 12.1 Å². The van der Waals surface area contributed by atoms with Gasteiger partial charge >= 0.3 is 5.97 Å². The highest BCUT2D eigenvalue weighted by molar-refractivity contribution is 5.82. The van der Waals surface area contributed by atoms with Gasteiger partial charge in [-0.05, 0) is 31.5 Å². The molecule has 0 bridgehead atoms. The minimum atomic E-state index is -1.48. The van der Waals surface area contributed by atoms with Gasteiger partial charge in [0, 0.05) is 6.54 Å². The first-order valence-corrected chi connectivity index (χ1v) is 5.18. The molecule has 1 N–H and O–H groups in total. The fraction of sp³-hybridized carbons (Fsp3) is 0.333. The molecule has 0 aromatic heterocycles. The highest BCUT2D eigenvalue weighted by Crippen LogP contribution is 2.27. The summed E-state index contributed by atoms with van der Waals surface area (Å²) in [6.07, 6.45) is 0.484. The van der Waals surface area contributed by atoms with E-state index >= 15 is 0 Å². The van der Waals surface area contributed by atoms with E-state index in [-0.39, 0.29) is 6.54 Å². The van der Waals surface area contributed by atoms with Crippen molar-refractivity contribution >= 4 is 12.4 Å². The van der Waals surface area contributed by atoms with Crippen LogP contribution in [0.5, 0.6) is 0 Å². The van der Waals surface area contributed by atoms with Gasteiger partial charge in [-0.2, -0.15) is 0 Å². The van der Waals surface area contributed by atoms with Crippen molar-refractivity contribution < 1.29 is 19.1 Å². The Morgan fingerprint density at radius 3 is 2.35 bits per heavy atom. The van der Waals surface area contributed by atoms with Gasteiger partial charge in [0.05, 0.1) is 0 Å². The Morgan fingerprint density at radius 2 is 2.00 bits per heavy atom. The molecule has 0 saturated heterocycles. The lowest BCUT2D eigenvalue weighted by molar-refractivity contribution is -0.154. The number of aliphatic carboxylic acids is 1. The lowest BCUT2D eigenvalue weighted by atomic mass is 9.90. The number of carboxylic acid groups (broad SMARTS) is 1. The van der Waals surface area contributed by atoms with Crippen molar-refractivity contribution in [3.8, 4) is 0 Å². The molecule has 1 aromatic rings. The summed E-state index contributed by atoms with van der Waals surface area (Å²) >= 11 is 0. The van der Waals surface area contributed by atoms with Crippen LogP contribution in [-0.4, -0.2) is 28.9 Å². The lowest BCUT2D eigenvalue weighted by Crippen LogP contribution is -2.49. The van der Waals surface area contributed by atoms with Crippen molar-refractivity contribution in [2.24, 2.45) is 0 Å². The van der Waals surface area contributed by atoms with Gasteiger partial charge in [-0.15, -0.1) is 0 Å². The van der Waals surface area contributed by atoms with Crippen LogP contribution < -0.4 is 0 Å². The number of carboxylic acids is 1. The molecule has 5 heteroatoms. The van der Waals surface area contributed by atoms with Crippen LogP contribution in [-0.2, 0) is 15.1 Å². The molecule has 1 aromatic carbocycles. The molecule has 0 aliphatic heterocycles. The number of nitrogens with zero attached hydrogens (tertiary/aromatic N) is 1. The quantitative estimate of drug-likeness (QED) is 0.794. The van der Waals surface area contributed by atoms with E-state index in [0.29, 0.717) is 12.0 Å². The third-order valence-corrected chi connectivity index (χ3v) is 2.87. The summed E-state index contributed by atoms with van der Waals surface area (Å²) in [6, 6.07) is 5.09. The maximum absolute atomic E-state index is 12.8. The second-order valence-corrected chi connectivity index (χ2v) is 3.78. The van der Waals surface area contributed by atoms with Crippen molar-refractivity contribution in [2.45, 2.75) is 19.4 Å². The summed E-state index contributed by atoms with van der Waals surface area (Å²) in [5.41, 5.74) is -1.12. The molecule has 4 nitrogen and oxygen atoms in total. The van der Waals surface area contributed by atoms with Crippen LogP contribution in [0, 0.1) is 5.82 Å². The summed E-state index contributed by atoms with van der Waals surface area (Å²) in [7, 11) is 0. The minimum absolute atomic E-state index is 0.254. The Bertz CT molecular complexity index is 418. The maximum atomic E-state index is 12.8. The van der Waals surface area contributed by atoms with Crippen molar-refractivity contribution in [1.29, 1.82) is 0 Å². The maximum Gasteiger partial charge on any atom is 0.334 e. The van der Waals surface area contributed by atoms with Crippen LogP contribution in [0.15, 0.2) is 24.3 Å². The summed E-state index contributed by atoms with van der Waals surface area (Å²) < 4.78 is 12.8. The topological polar surface area (TPSA) is 57.6 Å². The molecule has 0 radical (unpaired) electrons. The molecule has 0 spiro atoms. The third kappa shape index (κ3) is 2.27. The second kappa shape index (κ2) is 4.95. The standard InChI is InChI=1S/C12H14FNO3/c1-3-14(8-15)12(2,11(16)17)9-4-6-10(13)7-5-9/h4-8H,3H2,1-2H3,(H,16,17). The summed E-state index contributed by atoms with van der Waals surface area (Å²) in [5.74, 6) is -1.60. The molecule has 0 aliphatic rings. The smallest absolute Gasteiger partial charge is 0.334 e. The fourth-order valence-electron chi connectivity index (χ4n) is 1.68. The molecule has 0 aliphatic carbocycles. The van der Waals surface area contributed by atoms with E-state index < -0.39 is 17.3 Å². The van der Waals surface area contributed by atoms with E-state index in [2.05, 4.69) is 0 Å². The number of benzene rings is 1. The van der Waals surface area contributed by atoms with Gasteiger partial charge in [-0.3, -0.25) is 4.79 Å². The van der Waals surface area contributed by atoms with Crippen molar-refractivity contribution in [1.82, 2.24) is 4.90 Å². The SMILES string of the molecule is CCN(C=O)C(C)(C(=O)O)c1ccc(F)cc1. The molecule has 1 atom stereocenters. The van der Waals surface area contributed by atoms with Crippen molar-refractivity contribution in [3.05, 3.63) is 35.6 Å². The predicted octanol–water partition coefficient (Wildman–Crippen LogP) is 1.60. The largest absolute Gasteiger partial charge is 0.479 e. The summed E-state index contributed by atoms with van der Waals surface area (Å²) in [6.45, 7) is 3.35. The summed E-state index contributed by atoms with van der Waals surface area (Å²) in [5, 5.41) is 9.29. The van der Waals surface area contributed by atoms with Gasteiger partial charge in [0.2, 0.25) is 6.41 Å². The van der Waals surface area contributed by atoms with E-state index in [1.165, 1.54) is 31.2 Å². The van der Waals surface area contributed by atoms with E-state index in [4.69, 9.17) is 0 Å². The minimum Gasteiger partial charge on any atom is -0.479 e. The molecule has 17 heavy (non-hydrogen) atoms. The number of carbonyl (C=O) groups is 2. The molecular formula is C12H14FNO3. The van der Waals surface area contributed by atoms with Crippen LogP contribution in [0.3, 0.4) is 0 Å². The van der Waals surface area contributed by atoms with Gasteiger partial charge in [-0.25, -0.2) is 9.18 Å². The summed E-state index contributed by atoms with van der Waals surface area (Å²) in [4.78, 5) is 23.4. The fourth-order valence-corrected chi connectivity index (χ4v) is 1.68. The first-order valence-electron chi connectivity index (χ1n) is 5.18. The van der Waals surface area contributed by atoms with Gasteiger partial charge < -0.3 is 10.0 Å². The van der Waals surface area contributed by atoms with Gasteiger partial charge in [0.1, 0.15) is 5.82 Å². The van der Waals surface area contributed by atoms with E-state index in [1.54, 1.807) is 6.92 Å². The molecular weight excluding hydrogens is 225 g/mol. The zero-order valence-electron chi connectivity index (χ0n) is 9.68. The van der Waals surface area contributed by atoms with Crippen LogP contribution in [0.25, 0.3) is 0 Å². The average Bonchev–Trinajstić information content (AvgIpc) is 2.30. The highest BCUT2D eigenvalue weighted by atomic mass is 19.1. The average molecular weight is 239 g/mol. The van der Waals surface area contributed by atoms with E-state index in [9.17, 15) is 19.1 Å².